The van der Waals surface area contributed by atoms with Crippen molar-refractivity contribution in [1.29, 1.82) is 0 Å². The van der Waals surface area contributed by atoms with Gasteiger partial charge in [0.1, 0.15) is 0 Å². The average Bonchev–Trinajstić information content (AvgIpc) is 2.70. The Labute approximate surface area is 96.7 Å². The van der Waals surface area contributed by atoms with Crippen LogP contribution in [-0.2, 0) is 11.2 Å². The number of hydrogen-bond acceptors (Lipinski definition) is 3. The fourth-order valence-electron chi connectivity index (χ4n) is 1.40. The summed E-state index contributed by atoms with van der Waals surface area (Å²) < 4.78 is 5.60. The molecule has 0 saturated heterocycles. The summed E-state index contributed by atoms with van der Waals surface area (Å²) in [6.07, 6.45) is 2.60. The minimum atomic E-state index is 0.321. The van der Waals surface area contributed by atoms with Gasteiger partial charge in [0.2, 0.25) is 0 Å². The standard InChI is InChI=1S/C12H21NOS/c1-10(2)14-8-12(13-3)5-4-11-6-7-15-9-11/h6-7,9-10,12-13H,4-5,8H2,1-3H3. The lowest BCUT2D eigenvalue weighted by atomic mass is 10.1. The maximum absolute atomic E-state index is 5.60. The molecular weight excluding hydrogens is 206 g/mol. The highest BCUT2D eigenvalue weighted by Crippen LogP contribution is 2.10. The molecule has 0 amide bonds. The number of likely N-dealkylation sites (N-methyl/N-ethyl adjacent to an activating group) is 1. The van der Waals surface area contributed by atoms with E-state index < -0.39 is 0 Å². The minimum Gasteiger partial charge on any atom is -0.377 e. The Morgan fingerprint density at radius 2 is 2.27 bits per heavy atom. The molecule has 0 aromatic carbocycles. The molecule has 0 saturated carbocycles. The number of nitrogens with one attached hydrogen (secondary N) is 1. The van der Waals surface area contributed by atoms with Crippen molar-refractivity contribution in [2.75, 3.05) is 13.7 Å². The summed E-state index contributed by atoms with van der Waals surface area (Å²) in [5, 5.41) is 7.65. The predicted molar refractivity (Wildman–Crippen MR) is 66.6 cm³/mol. The smallest absolute Gasteiger partial charge is 0.0623 e. The molecule has 0 bridgehead atoms. The van der Waals surface area contributed by atoms with Crippen LogP contribution in [0.15, 0.2) is 16.8 Å². The van der Waals surface area contributed by atoms with Gasteiger partial charge in [-0.1, -0.05) is 0 Å². The van der Waals surface area contributed by atoms with Crippen LogP contribution in [0.2, 0.25) is 0 Å². The second-order valence-electron chi connectivity index (χ2n) is 4.04. The zero-order chi connectivity index (χ0) is 11.1. The Kier molecular flexibility index (Phi) is 5.91. The highest BCUT2D eigenvalue weighted by Gasteiger charge is 2.07. The van der Waals surface area contributed by atoms with E-state index in [2.05, 4.69) is 36.0 Å². The number of ether oxygens (including phenoxy) is 1. The van der Waals surface area contributed by atoms with Gasteiger partial charge in [-0.05, 0) is 56.1 Å². The maximum Gasteiger partial charge on any atom is 0.0623 e. The summed E-state index contributed by atoms with van der Waals surface area (Å²) in [5.74, 6) is 0. The normalized spacial score (nSPS) is 13.3. The van der Waals surface area contributed by atoms with E-state index in [1.807, 2.05) is 7.05 Å². The Morgan fingerprint density at radius 3 is 2.80 bits per heavy atom. The van der Waals surface area contributed by atoms with Gasteiger partial charge in [-0.2, -0.15) is 11.3 Å². The quantitative estimate of drug-likeness (QED) is 0.773. The lowest BCUT2D eigenvalue weighted by molar-refractivity contribution is 0.0612. The number of thiophene rings is 1. The molecule has 1 heterocycles. The highest BCUT2D eigenvalue weighted by molar-refractivity contribution is 7.07. The van der Waals surface area contributed by atoms with Crippen molar-refractivity contribution in [2.24, 2.45) is 0 Å². The van der Waals surface area contributed by atoms with E-state index in [0.29, 0.717) is 12.1 Å². The molecule has 3 heteroatoms. The first-order valence-corrected chi connectivity index (χ1v) is 6.46. The highest BCUT2D eigenvalue weighted by atomic mass is 32.1. The largest absolute Gasteiger partial charge is 0.377 e. The molecule has 0 aliphatic carbocycles. The Bertz CT molecular complexity index is 246. The third-order valence-corrected chi connectivity index (χ3v) is 3.13. The van der Waals surface area contributed by atoms with E-state index in [1.54, 1.807) is 11.3 Å². The van der Waals surface area contributed by atoms with Crippen molar-refractivity contribution in [1.82, 2.24) is 5.32 Å². The van der Waals surface area contributed by atoms with E-state index in [-0.39, 0.29) is 0 Å². The Hall–Kier alpha value is -0.380. The van der Waals surface area contributed by atoms with E-state index in [0.717, 1.165) is 19.4 Å². The molecule has 1 N–H and O–H groups in total. The summed E-state index contributed by atoms with van der Waals surface area (Å²) in [6.45, 7) is 4.95. The maximum atomic E-state index is 5.60. The summed E-state index contributed by atoms with van der Waals surface area (Å²) in [6, 6.07) is 2.66. The van der Waals surface area contributed by atoms with E-state index in [1.165, 1.54) is 5.56 Å². The third kappa shape index (κ3) is 5.30. The van der Waals surface area contributed by atoms with Gasteiger partial charge in [0, 0.05) is 6.04 Å². The fraction of sp³-hybridized carbons (Fsp3) is 0.667. The van der Waals surface area contributed by atoms with Crippen LogP contribution >= 0.6 is 11.3 Å². The number of rotatable bonds is 7. The van der Waals surface area contributed by atoms with E-state index >= 15 is 0 Å². The van der Waals surface area contributed by atoms with Crippen LogP contribution in [0.5, 0.6) is 0 Å². The molecule has 0 radical (unpaired) electrons. The molecule has 1 unspecified atom stereocenters. The summed E-state index contributed by atoms with van der Waals surface area (Å²) in [4.78, 5) is 0. The monoisotopic (exact) mass is 227 g/mol. The molecule has 86 valence electrons. The number of hydrogen-bond donors (Lipinski definition) is 1. The Morgan fingerprint density at radius 1 is 1.47 bits per heavy atom. The summed E-state index contributed by atoms with van der Waals surface area (Å²) in [5.41, 5.74) is 1.43. The summed E-state index contributed by atoms with van der Waals surface area (Å²) >= 11 is 1.77. The first-order chi connectivity index (χ1) is 7.22. The lowest BCUT2D eigenvalue weighted by Gasteiger charge is -2.17. The van der Waals surface area contributed by atoms with Crippen LogP contribution in [0, 0.1) is 0 Å². The molecule has 1 aromatic heterocycles. The van der Waals surface area contributed by atoms with Crippen molar-refractivity contribution in [2.45, 2.75) is 38.8 Å². The van der Waals surface area contributed by atoms with Crippen LogP contribution in [0.3, 0.4) is 0 Å². The molecule has 1 rings (SSSR count). The van der Waals surface area contributed by atoms with E-state index in [9.17, 15) is 0 Å². The van der Waals surface area contributed by atoms with Gasteiger partial charge in [-0.25, -0.2) is 0 Å². The molecule has 15 heavy (non-hydrogen) atoms. The SMILES string of the molecule is CNC(CCc1ccsc1)COC(C)C. The van der Waals surface area contributed by atoms with Gasteiger partial charge in [-0.15, -0.1) is 0 Å². The van der Waals surface area contributed by atoms with Crippen LogP contribution < -0.4 is 5.32 Å². The second kappa shape index (κ2) is 6.99. The van der Waals surface area contributed by atoms with Gasteiger partial charge in [0.15, 0.2) is 0 Å². The molecule has 0 aliphatic rings. The van der Waals surface area contributed by atoms with Crippen LogP contribution in [0.1, 0.15) is 25.8 Å². The molecule has 0 spiro atoms. The fourth-order valence-corrected chi connectivity index (χ4v) is 2.10. The van der Waals surface area contributed by atoms with Gasteiger partial charge in [-0.3, -0.25) is 0 Å². The summed E-state index contributed by atoms with van der Waals surface area (Å²) in [7, 11) is 2.00. The van der Waals surface area contributed by atoms with Crippen molar-refractivity contribution in [3.8, 4) is 0 Å². The second-order valence-corrected chi connectivity index (χ2v) is 4.82. The molecular formula is C12H21NOS. The van der Waals surface area contributed by atoms with Gasteiger partial charge in [0.25, 0.3) is 0 Å². The van der Waals surface area contributed by atoms with Gasteiger partial charge < -0.3 is 10.1 Å². The van der Waals surface area contributed by atoms with Crippen molar-refractivity contribution in [3.63, 3.8) is 0 Å². The molecule has 1 aromatic rings. The topological polar surface area (TPSA) is 21.3 Å². The zero-order valence-electron chi connectivity index (χ0n) is 9.82. The predicted octanol–water partition coefficient (Wildman–Crippen LogP) is 2.69. The lowest BCUT2D eigenvalue weighted by Crippen LogP contribution is -2.31. The number of aryl methyl sites for hydroxylation is 1. The first-order valence-electron chi connectivity index (χ1n) is 5.52. The van der Waals surface area contributed by atoms with Crippen LogP contribution in [0.4, 0.5) is 0 Å². The van der Waals surface area contributed by atoms with Crippen molar-refractivity contribution >= 4 is 11.3 Å². The molecule has 0 fully saturated rings. The average molecular weight is 227 g/mol. The Balaban J connectivity index is 2.22. The zero-order valence-corrected chi connectivity index (χ0v) is 10.6. The van der Waals surface area contributed by atoms with Crippen molar-refractivity contribution < 1.29 is 4.74 Å². The minimum absolute atomic E-state index is 0.321. The van der Waals surface area contributed by atoms with E-state index in [4.69, 9.17) is 4.74 Å². The molecule has 0 aliphatic heterocycles. The van der Waals surface area contributed by atoms with Gasteiger partial charge >= 0.3 is 0 Å². The third-order valence-electron chi connectivity index (χ3n) is 2.40. The van der Waals surface area contributed by atoms with Gasteiger partial charge in [0.05, 0.1) is 12.7 Å². The molecule has 2 nitrogen and oxygen atoms in total. The van der Waals surface area contributed by atoms with Crippen LogP contribution in [-0.4, -0.2) is 25.8 Å². The first kappa shape index (κ1) is 12.7. The molecule has 1 atom stereocenters. The van der Waals surface area contributed by atoms with Crippen LogP contribution in [0.25, 0.3) is 0 Å². The van der Waals surface area contributed by atoms with Crippen molar-refractivity contribution in [3.05, 3.63) is 22.4 Å².